The molecule has 0 aliphatic carbocycles. The van der Waals surface area contributed by atoms with Crippen LogP contribution in [-0.2, 0) is 11.3 Å². The van der Waals surface area contributed by atoms with Crippen LogP contribution >= 0.6 is 11.6 Å². The molecule has 0 saturated heterocycles. The lowest BCUT2D eigenvalue weighted by Gasteiger charge is -2.11. The van der Waals surface area contributed by atoms with Gasteiger partial charge in [-0.05, 0) is 50.1 Å². The first kappa shape index (κ1) is 16.7. The number of carbonyl (C=O) groups excluding carboxylic acids is 1. The van der Waals surface area contributed by atoms with E-state index < -0.39 is 11.5 Å². The van der Waals surface area contributed by atoms with Crippen molar-refractivity contribution in [3.8, 4) is 6.07 Å². The average Bonchev–Trinajstić information content (AvgIpc) is 2.48. The molecule has 0 fully saturated rings. The van der Waals surface area contributed by atoms with Gasteiger partial charge in [-0.25, -0.2) is 4.68 Å². The topological polar surface area (TPSA) is 87.8 Å². The predicted molar refractivity (Wildman–Crippen MR) is 87.5 cm³/mol. The zero-order chi connectivity index (χ0) is 17.1. The van der Waals surface area contributed by atoms with Crippen molar-refractivity contribution in [2.75, 3.05) is 5.32 Å². The van der Waals surface area contributed by atoms with Crippen molar-refractivity contribution in [1.82, 2.24) is 9.78 Å². The Morgan fingerprint density at radius 2 is 2.09 bits per heavy atom. The number of aryl methyl sites for hydroxylation is 2. The minimum atomic E-state index is -0.571. The zero-order valence-corrected chi connectivity index (χ0v) is 13.7. The summed E-state index contributed by atoms with van der Waals surface area (Å²) in [6.45, 7) is 4.89. The molecule has 0 radical (unpaired) electrons. The zero-order valence-electron chi connectivity index (χ0n) is 13.0. The molecule has 1 amide bonds. The van der Waals surface area contributed by atoms with Crippen molar-refractivity contribution in [2.45, 2.75) is 27.3 Å². The van der Waals surface area contributed by atoms with Crippen LogP contribution in [0.5, 0.6) is 0 Å². The summed E-state index contributed by atoms with van der Waals surface area (Å²) in [5.74, 6) is -0.405. The van der Waals surface area contributed by atoms with E-state index in [1.807, 2.05) is 13.0 Å². The number of anilines is 1. The second kappa shape index (κ2) is 6.63. The number of rotatable bonds is 3. The Morgan fingerprint density at radius 3 is 2.70 bits per heavy atom. The first-order chi connectivity index (χ1) is 10.8. The Balaban J connectivity index is 2.26. The highest BCUT2D eigenvalue weighted by Crippen LogP contribution is 2.19. The highest BCUT2D eigenvalue weighted by atomic mass is 35.5. The largest absolute Gasteiger partial charge is 0.324 e. The number of benzene rings is 1. The molecule has 1 heterocycles. The van der Waals surface area contributed by atoms with Crippen LogP contribution in [0.25, 0.3) is 0 Å². The van der Waals surface area contributed by atoms with Gasteiger partial charge in [-0.2, -0.15) is 10.4 Å². The van der Waals surface area contributed by atoms with Crippen LogP contribution in [0, 0.1) is 32.1 Å². The van der Waals surface area contributed by atoms with E-state index in [-0.39, 0.29) is 12.1 Å². The van der Waals surface area contributed by atoms with Gasteiger partial charge < -0.3 is 5.32 Å². The Morgan fingerprint density at radius 1 is 1.39 bits per heavy atom. The molecular weight excluding hydrogens is 316 g/mol. The maximum absolute atomic E-state index is 12.2. The van der Waals surface area contributed by atoms with Gasteiger partial charge >= 0.3 is 0 Å². The molecule has 7 heteroatoms. The second-order valence-corrected chi connectivity index (χ2v) is 5.60. The lowest BCUT2D eigenvalue weighted by atomic mass is 10.1. The third kappa shape index (κ3) is 3.58. The molecule has 2 rings (SSSR count). The number of hydrogen-bond donors (Lipinski definition) is 1. The normalized spacial score (nSPS) is 10.2. The lowest BCUT2D eigenvalue weighted by Crippen LogP contribution is -2.32. The van der Waals surface area contributed by atoms with E-state index in [0.29, 0.717) is 22.0 Å². The van der Waals surface area contributed by atoms with Crippen LogP contribution < -0.4 is 10.9 Å². The number of amides is 1. The van der Waals surface area contributed by atoms with Crippen LogP contribution in [-0.4, -0.2) is 15.7 Å². The van der Waals surface area contributed by atoms with E-state index in [0.717, 1.165) is 10.2 Å². The van der Waals surface area contributed by atoms with Crippen molar-refractivity contribution in [3.63, 3.8) is 0 Å². The number of nitrogens with zero attached hydrogens (tertiary/aromatic N) is 3. The van der Waals surface area contributed by atoms with Gasteiger partial charge in [0.05, 0.1) is 5.69 Å². The van der Waals surface area contributed by atoms with Crippen molar-refractivity contribution >= 4 is 23.2 Å². The maximum atomic E-state index is 12.2. The standard InChI is InChI=1S/C16H15ClN4O2/c1-9-6-12(17)4-5-14(9)19-15(22)8-21-16(23)13(7-18)10(2)11(3)20-21/h4-6H,8H2,1-3H3,(H,19,22). The van der Waals surface area contributed by atoms with Gasteiger partial charge in [0.1, 0.15) is 18.2 Å². The fraction of sp³-hybridized carbons (Fsp3) is 0.250. The molecule has 0 atom stereocenters. The van der Waals surface area contributed by atoms with E-state index in [9.17, 15) is 9.59 Å². The Kier molecular flexibility index (Phi) is 4.82. The first-order valence-electron chi connectivity index (χ1n) is 6.88. The summed E-state index contributed by atoms with van der Waals surface area (Å²) < 4.78 is 1.00. The number of aromatic nitrogens is 2. The van der Waals surface area contributed by atoms with Gasteiger partial charge in [0, 0.05) is 10.7 Å². The third-order valence-corrected chi connectivity index (χ3v) is 3.74. The van der Waals surface area contributed by atoms with Crippen LogP contribution in [0.3, 0.4) is 0 Å². The highest BCUT2D eigenvalue weighted by Gasteiger charge is 2.14. The monoisotopic (exact) mass is 330 g/mol. The molecule has 2 aromatic rings. The van der Waals surface area contributed by atoms with Gasteiger partial charge in [0.25, 0.3) is 5.56 Å². The van der Waals surface area contributed by atoms with Crippen molar-refractivity contribution in [1.29, 1.82) is 5.26 Å². The molecule has 6 nitrogen and oxygen atoms in total. The Labute approximate surface area is 138 Å². The fourth-order valence-corrected chi connectivity index (χ4v) is 2.33. The number of hydrogen-bond acceptors (Lipinski definition) is 4. The third-order valence-electron chi connectivity index (χ3n) is 3.50. The smallest absolute Gasteiger partial charge is 0.285 e. The predicted octanol–water partition coefficient (Wildman–Crippen LogP) is 2.33. The summed E-state index contributed by atoms with van der Waals surface area (Å²) in [4.78, 5) is 24.3. The second-order valence-electron chi connectivity index (χ2n) is 5.17. The van der Waals surface area contributed by atoms with Crippen LogP contribution in [0.15, 0.2) is 23.0 Å². The fourth-order valence-electron chi connectivity index (χ4n) is 2.10. The molecule has 118 valence electrons. The number of halogens is 1. The summed E-state index contributed by atoms with van der Waals surface area (Å²) in [6.07, 6.45) is 0. The maximum Gasteiger partial charge on any atom is 0.285 e. The summed E-state index contributed by atoms with van der Waals surface area (Å²) in [7, 11) is 0. The molecule has 1 N–H and O–H groups in total. The molecule has 0 bridgehead atoms. The van der Waals surface area contributed by atoms with Gasteiger partial charge in [-0.3, -0.25) is 9.59 Å². The first-order valence-corrected chi connectivity index (χ1v) is 7.25. The number of carbonyl (C=O) groups is 1. The van der Waals surface area contributed by atoms with Crippen molar-refractivity contribution in [3.05, 3.63) is 56.0 Å². The van der Waals surface area contributed by atoms with Crippen molar-refractivity contribution < 1.29 is 4.79 Å². The molecule has 0 unspecified atom stereocenters. The number of nitrogens with one attached hydrogen (secondary N) is 1. The minimum Gasteiger partial charge on any atom is -0.324 e. The molecule has 1 aromatic carbocycles. The molecule has 0 aliphatic heterocycles. The Hall–Kier alpha value is -2.65. The molecule has 0 saturated carbocycles. The van der Waals surface area contributed by atoms with Gasteiger partial charge in [0.2, 0.25) is 5.91 Å². The van der Waals surface area contributed by atoms with E-state index in [1.54, 1.807) is 32.0 Å². The van der Waals surface area contributed by atoms with E-state index in [4.69, 9.17) is 16.9 Å². The Bertz CT molecular complexity index is 881. The average molecular weight is 331 g/mol. The van der Waals surface area contributed by atoms with Crippen molar-refractivity contribution in [2.24, 2.45) is 0 Å². The van der Waals surface area contributed by atoms with Crippen LogP contribution in [0.4, 0.5) is 5.69 Å². The van der Waals surface area contributed by atoms with E-state index in [2.05, 4.69) is 10.4 Å². The number of nitriles is 1. The highest BCUT2D eigenvalue weighted by molar-refractivity contribution is 6.30. The van der Waals surface area contributed by atoms with Gasteiger partial charge in [-0.1, -0.05) is 11.6 Å². The summed E-state index contributed by atoms with van der Waals surface area (Å²) in [5.41, 5.74) is 1.92. The van der Waals surface area contributed by atoms with E-state index >= 15 is 0 Å². The molecule has 1 aromatic heterocycles. The van der Waals surface area contributed by atoms with Gasteiger partial charge in [0.15, 0.2) is 0 Å². The summed E-state index contributed by atoms with van der Waals surface area (Å²) in [6, 6.07) is 6.94. The quantitative estimate of drug-likeness (QED) is 0.935. The van der Waals surface area contributed by atoms with Crippen LogP contribution in [0.1, 0.15) is 22.4 Å². The molecule has 0 spiro atoms. The SMILES string of the molecule is Cc1cc(Cl)ccc1NC(=O)Cn1nc(C)c(C)c(C#N)c1=O. The minimum absolute atomic E-state index is 0.00738. The summed E-state index contributed by atoms with van der Waals surface area (Å²) in [5, 5.41) is 16.4. The summed E-state index contributed by atoms with van der Waals surface area (Å²) >= 11 is 5.87. The van der Waals surface area contributed by atoms with Gasteiger partial charge in [-0.15, -0.1) is 0 Å². The lowest BCUT2D eigenvalue weighted by molar-refractivity contribution is -0.117. The molecule has 0 aliphatic rings. The molecular formula is C16H15ClN4O2. The van der Waals surface area contributed by atoms with E-state index in [1.165, 1.54) is 0 Å². The van der Waals surface area contributed by atoms with Crippen LogP contribution in [0.2, 0.25) is 5.02 Å². The molecule has 23 heavy (non-hydrogen) atoms.